The van der Waals surface area contributed by atoms with Gasteiger partial charge in [-0.25, -0.2) is 0 Å². The van der Waals surface area contributed by atoms with Crippen LogP contribution in [0.15, 0.2) is 24.3 Å². The maximum atomic E-state index is 6.07. The van der Waals surface area contributed by atoms with E-state index in [4.69, 9.17) is 16.2 Å². The molecule has 15 heavy (non-hydrogen) atoms. The molecule has 0 saturated carbocycles. The molecule has 0 unspecified atom stereocenters. The van der Waals surface area contributed by atoms with Gasteiger partial charge in [0.25, 0.3) is 0 Å². The van der Waals surface area contributed by atoms with E-state index in [1.54, 1.807) is 7.11 Å². The summed E-state index contributed by atoms with van der Waals surface area (Å²) < 4.78 is 5.08. The summed E-state index contributed by atoms with van der Waals surface area (Å²) in [7, 11) is 1.65. The zero-order chi connectivity index (χ0) is 11.4. The van der Waals surface area contributed by atoms with Crippen molar-refractivity contribution < 1.29 is 4.74 Å². The summed E-state index contributed by atoms with van der Waals surface area (Å²) in [5.41, 5.74) is 13.1. The third-order valence-corrected chi connectivity index (χ3v) is 2.69. The van der Waals surface area contributed by atoms with Crippen LogP contribution in [0.3, 0.4) is 0 Å². The maximum Gasteiger partial charge on any atom is 0.118 e. The molecule has 0 spiro atoms. The predicted octanol–water partition coefficient (Wildman–Crippen LogP) is 1.68. The predicted molar refractivity (Wildman–Crippen MR) is 62.7 cm³/mol. The first-order valence-corrected chi connectivity index (χ1v) is 5.21. The van der Waals surface area contributed by atoms with Crippen molar-refractivity contribution >= 4 is 0 Å². The van der Waals surface area contributed by atoms with Crippen molar-refractivity contribution in [1.29, 1.82) is 0 Å². The lowest BCUT2D eigenvalue weighted by atomic mass is 9.93. The van der Waals surface area contributed by atoms with Crippen LogP contribution in [0.25, 0.3) is 0 Å². The first kappa shape index (κ1) is 12.0. The number of rotatable bonds is 4. The number of ether oxygens (including phenoxy) is 1. The van der Waals surface area contributed by atoms with Gasteiger partial charge in [0.15, 0.2) is 0 Å². The Morgan fingerprint density at radius 1 is 1.07 bits per heavy atom. The van der Waals surface area contributed by atoms with Crippen molar-refractivity contribution in [3.63, 3.8) is 0 Å². The zero-order valence-corrected chi connectivity index (χ0v) is 9.60. The zero-order valence-electron chi connectivity index (χ0n) is 9.60. The number of hydrogen-bond acceptors (Lipinski definition) is 3. The van der Waals surface area contributed by atoms with E-state index in [1.165, 1.54) is 0 Å². The van der Waals surface area contributed by atoms with Crippen LogP contribution in [-0.4, -0.2) is 13.2 Å². The van der Waals surface area contributed by atoms with Crippen molar-refractivity contribution in [3.8, 4) is 5.75 Å². The van der Waals surface area contributed by atoms with Gasteiger partial charge in [-0.15, -0.1) is 0 Å². The molecule has 2 atom stereocenters. The Bertz CT molecular complexity index is 295. The Morgan fingerprint density at radius 3 is 2.00 bits per heavy atom. The van der Waals surface area contributed by atoms with Crippen molar-refractivity contribution in [3.05, 3.63) is 29.8 Å². The molecular weight excluding hydrogens is 188 g/mol. The van der Waals surface area contributed by atoms with Crippen LogP contribution in [0.5, 0.6) is 5.75 Å². The highest BCUT2D eigenvalue weighted by Gasteiger charge is 2.18. The molecular formula is C12H20N2O. The fraction of sp³-hybridized carbons (Fsp3) is 0.500. The second kappa shape index (κ2) is 5.14. The third-order valence-electron chi connectivity index (χ3n) is 2.69. The molecule has 0 bridgehead atoms. The Labute approximate surface area is 91.4 Å². The van der Waals surface area contributed by atoms with Crippen molar-refractivity contribution in [1.82, 2.24) is 0 Å². The maximum absolute atomic E-state index is 6.07. The molecule has 0 radical (unpaired) electrons. The molecule has 0 amide bonds. The van der Waals surface area contributed by atoms with E-state index in [1.807, 2.05) is 24.3 Å². The number of nitrogens with two attached hydrogens (primary N) is 2. The average molecular weight is 208 g/mol. The summed E-state index contributed by atoms with van der Waals surface area (Å²) in [5, 5.41) is 0. The summed E-state index contributed by atoms with van der Waals surface area (Å²) in [6.07, 6.45) is 0. The van der Waals surface area contributed by atoms with Gasteiger partial charge in [0.05, 0.1) is 7.11 Å². The lowest BCUT2D eigenvalue weighted by molar-refractivity contribution is 0.411. The van der Waals surface area contributed by atoms with E-state index in [2.05, 4.69) is 13.8 Å². The van der Waals surface area contributed by atoms with E-state index in [0.717, 1.165) is 11.3 Å². The highest BCUT2D eigenvalue weighted by molar-refractivity contribution is 5.29. The largest absolute Gasteiger partial charge is 0.497 e. The molecule has 0 aliphatic heterocycles. The lowest BCUT2D eigenvalue weighted by Gasteiger charge is -2.23. The van der Waals surface area contributed by atoms with E-state index < -0.39 is 0 Å². The number of benzene rings is 1. The van der Waals surface area contributed by atoms with Crippen LogP contribution in [0.4, 0.5) is 0 Å². The lowest BCUT2D eigenvalue weighted by Crippen LogP contribution is -2.38. The van der Waals surface area contributed by atoms with Crippen LogP contribution in [0.1, 0.15) is 25.5 Å². The Morgan fingerprint density at radius 2 is 1.60 bits per heavy atom. The van der Waals surface area contributed by atoms with Crippen LogP contribution in [0.2, 0.25) is 0 Å². The fourth-order valence-corrected chi connectivity index (χ4v) is 1.46. The van der Waals surface area contributed by atoms with Crippen LogP contribution in [0, 0.1) is 5.92 Å². The molecule has 0 heterocycles. The van der Waals surface area contributed by atoms with E-state index in [9.17, 15) is 0 Å². The molecule has 4 N–H and O–H groups in total. The second-order valence-corrected chi connectivity index (χ2v) is 4.12. The molecule has 0 saturated heterocycles. The van der Waals surface area contributed by atoms with E-state index >= 15 is 0 Å². The quantitative estimate of drug-likeness (QED) is 0.791. The van der Waals surface area contributed by atoms with Gasteiger partial charge in [0.2, 0.25) is 0 Å². The Kier molecular flexibility index (Phi) is 4.12. The molecule has 0 aliphatic rings. The van der Waals surface area contributed by atoms with Crippen molar-refractivity contribution in [2.75, 3.05) is 7.11 Å². The van der Waals surface area contributed by atoms with Gasteiger partial charge in [0, 0.05) is 12.1 Å². The van der Waals surface area contributed by atoms with Gasteiger partial charge in [-0.2, -0.15) is 0 Å². The summed E-state index contributed by atoms with van der Waals surface area (Å²) >= 11 is 0. The minimum Gasteiger partial charge on any atom is -0.497 e. The standard InChI is InChI=1S/C12H20N2O/c1-8(2)11(13)12(14)9-4-6-10(15-3)7-5-9/h4-8,11-12H,13-14H2,1-3H3/t11-,12-/m0/s1. The van der Waals surface area contributed by atoms with Crippen LogP contribution in [-0.2, 0) is 0 Å². The van der Waals surface area contributed by atoms with E-state index in [0.29, 0.717) is 5.92 Å². The molecule has 0 aromatic heterocycles. The first-order valence-electron chi connectivity index (χ1n) is 5.21. The number of methoxy groups -OCH3 is 1. The minimum absolute atomic E-state index is 0.0154. The Hall–Kier alpha value is -1.06. The Balaban J connectivity index is 2.78. The molecule has 0 aliphatic carbocycles. The summed E-state index contributed by atoms with van der Waals surface area (Å²) in [5.74, 6) is 1.21. The topological polar surface area (TPSA) is 61.3 Å². The molecule has 1 aromatic rings. The highest BCUT2D eigenvalue weighted by atomic mass is 16.5. The van der Waals surface area contributed by atoms with Gasteiger partial charge in [0.1, 0.15) is 5.75 Å². The molecule has 3 nitrogen and oxygen atoms in total. The summed E-state index contributed by atoms with van der Waals surface area (Å²) in [6.45, 7) is 4.15. The SMILES string of the molecule is COc1ccc([C@H](N)[C@@H](N)C(C)C)cc1. The average Bonchev–Trinajstić information content (AvgIpc) is 2.27. The van der Waals surface area contributed by atoms with E-state index in [-0.39, 0.29) is 12.1 Å². The molecule has 84 valence electrons. The van der Waals surface area contributed by atoms with Gasteiger partial charge in [-0.1, -0.05) is 26.0 Å². The van der Waals surface area contributed by atoms with Crippen molar-refractivity contribution in [2.24, 2.45) is 17.4 Å². The summed E-state index contributed by atoms with van der Waals surface area (Å²) in [4.78, 5) is 0. The molecule has 1 rings (SSSR count). The molecule has 3 heteroatoms. The van der Waals surface area contributed by atoms with Gasteiger partial charge < -0.3 is 16.2 Å². The highest BCUT2D eigenvalue weighted by Crippen LogP contribution is 2.20. The first-order chi connectivity index (χ1) is 7.06. The van der Waals surface area contributed by atoms with Crippen LogP contribution >= 0.6 is 0 Å². The third kappa shape index (κ3) is 2.94. The monoisotopic (exact) mass is 208 g/mol. The van der Waals surface area contributed by atoms with Gasteiger partial charge in [-0.05, 0) is 23.6 Å². The molecule has 0 fully saturated rings. The van der Waals surface area contributed by atoms with Crippen molar-refractivity contribution in [2.45, 2.75) is 25.9 Å². The summed E-state index contributed by atoms with van der Waals surface area (Å²) in [6, 6.07) is 7.61. The second-order valence-electron chi connectivity index (χ2n) is 4.12. The molecule has 1 aromatic carbocycles. The minimum atomic E-state index is -0.115. The number of hydrogen-bond donors (Lipinski definition) is 2. The fourth-order valence-electron chi connectivity index (χ4n) is 1.46. The van der Waals surface area contributed by atoms with Gasteiger partial charge >= 0.3 is 0 Å². The van der Waals surface area contributed by atoms with Crippen LogP contribution < -0.4 is 16.2 Å². The smallest absolute Gasteiger partial charge is 0.118 e. The van der Waals surface area contributed by atoms with Gasteiger partial charge in [-0.3, -0.25) is 0 Å². The normalized spacial score (nSPS) is 15.1.